The summed E-state index contributed by atoms with van der Waals surface area (Å²) >= 11 is 6.19. The molecule has 0 aliphatic carbocycles. The number of para-hydroxylation sites is 1. The number of hydrogen-bond donors (Lipinski definition) is 1. The Labute approximate surface area is 173 Å². The van der Waals surface area contributed by atoms with Crippen LogP contribution in [0.2, 0.25) is 5.02 Å². The van der Waals surface area contributed by atoms with Crippen LogP contribution < -0.4 is 14.8 Å². The van der Waals surface area contributed by atoms with E-state index < -0.39 is 0 Å². The Morgan fingerprint density at radius 3 is 2.79 bits per heavy atom. The molecule has 3 rings (SSSR count). The number of hydrogen-bond acceptors (Lipinski definition) is 6. The van der Waals surface area contributed by atoms with Crippen LogP contribution in [0.1, 0.15) is 11.3 Å². The molecule has 0 bridgehead atoms. The number of carbonyl (C=O) groups excluding carboxylic acids is 1. The fraction of sp³-hybridized carbons (Fsp3) is 0.350. The van der Waals surface area contributed by atoms with Gasteiger partial charge in [-0.2, -0.15) is 0 Å². The molecule has 0 fully saturated rings. The Morgan fingerprint density at radius 2 is 2.03 bits per heavy atom. The number of anilines is 1. The number of rotatable bonds is 8. The average Bonchev–Trinajstić information content (AvgIpc) is 2.98. The summed E-state index contributed by atoms with van der Waals surface area (Å²) < 4.78 is 17.9. The number of carbonyl (C=O) groups is 1. The van der Waals surface area contributed by atoms with Gasteiger partial charge in [-0.15, -0.1) is 5.10 Å². The fourth-order valence-corrected chi connectivity index (χ4v) is 3.18. The van der Waals surface area contributed by atoms with E-state index in [1.54, 1.807) is 37.0 Å². The summed E-state index contributed by atoms with van der Waals surface area (Å²) in [7, 11) is 3.37. The van der Waals surface area contributed by atoms with E-state index in [1.165, 1.54) is 0 Å². The lowest BCUT2D eigenvalue weighted by Gasteiger charge is -2.14. The lowest BCUT2D eigenvalue weighted by Crippen LogP contribution is -2.21. The molecule has 0 aliphatic rings. The van der Waals surface area contributed by atoms with E-state index in [0.717, 1.165) is 16.6 Å². The first-order valence-corrected chi connectivity index (χ1v) is 9.42. The second kappa shape index (κ2) is 9.11. The molecule has 3 aromatic rings. The predicted molar refractivity (Wildman–Crippen MR) is 111 cm³/mol. The van der Waals surface area contributed by atoms with Gasteiger partial charge in [0.25, 0.3) is 5.91 Å². The number of aromatic nitrogens is 3. The average molecular weight is 419 g/mol. The third kappa shape index (κ3) is 4.78. The van der Waals surface area contributed by atoms with E-state index >= 15 is 0 Å². The van der Waals surface area contributed by atoms with Crippen LogP contribution in [-0.2, 0) is 16.6 Å². The molecule has 0 aliphatic heterocycles. The molecule has 1 aromatic carbocycles. The molecule has 0 radical (unpaired) electrons. The van der Waals surface area contributed by atoms with E-state index in [2.05, 4.69) is 15.4 Å². The lowest BCUT2D eigenvalue weighted by molar-refractivity contribution is -0.118. The van der Waals surface area contributed by atoms with Gasteiger partial charge in [0.1, 0.15) is 6.61 Å². The second-order valence-corrected chi connectivity index (χ2v) is 6.91. The number of ether oxygens (including phenoxy) is 3. The Balaban J connectivity index is 1.71. The van der Waals surface area contributed by atoms with Gasteiger partial charge in [-0.1, -0.05) is 17.7 Å². The molecule has 0 saturated heterocycles. The van der Waals surface area contributed by atoms with Crippen LogP contribution in [0.3, 0.4) is 0 Å². The molecule has 154 valence electrons. The third-order valence-corrected chi connectivity index (χ3v) is 4.50. The van der Waals surface area contributed by atoms with Crippen LogP contribution in [0.4, 0.5) is 5.69 Å². The highest BCUT2D eigenvalue weighted by Crippen LogP contribution is 2.33. The van der Waals surface area contributed by atoms with Crippen LogP contribution in [0.25, 0.3) is 11.0 Å². The van der Waals surface area contributed by atoms with Gasteiger partial charge in [0.05, 0.1) is 22.7 Å². The highest BCUT2D eigenvalue weighted by Gasteiger charge is 2.17. The van der Waals surface area contributed by atoms with Crippen LogP contribution >= 0.6 is 11.6 Å². The Morgan fingerprint density at radius 1 is 1.24 bits per heavy atom. The zero-order chi connectivity index (χ0) is 21.0. The normalized spacial score (nSPS) is 10.9. The molecule has 8 nitrogen and oxygen atoms in total. The van der Waals surface area contributed by atoms with Crippen molar-refractivity contribution in [1.29, 1.82) is 0 Å². The van der Waals surface area contributed by atoms with Gasteiger partial charge in [-0.25, -0.2) is 9.67 Å². The number of amides is 1. The molecule has 1 amide bonds. The van der Waals surface area contributed by atoms with Crippen molar-refractivity contribution in [2.24, 2.45) is 7.05 Å². The fourth-order valence-electron chi connectivity index (χ4n) is 2.95. The van der Waals surface area contributed by atoms with Crippen molar-refractivity contribution in [2.45, 2.75) is 13.8 Å². The van der Waals surface area contributed by atoms with E-state index in [9.17, 15) is 4.79 Å². The molecule has 0 spiro atoms. The summed E-state index contributed by atoms with van der Waals surface area (Å²) in [4.78, 5) is 16.9. The maximum Gasteiger partial charge on any atom is 0.262 e. The summed E-state index contributed by atoms with van der Waals surface area (Å²) in [6.07, 6.45) is 0. The van der Waals surface area contributed by atoms with Crippen molar-refractivity contribution in [3.8, 4) is 11.6 Å². The third-order valence-electron chi connectivity index (χ3n) is 4.20. The maximum absolute atomic E-state index is 12.5. The first-order valence-electron chi connectivity index (χ1n) is 9.04. The number of nitrogens with zero attached hydrogens (tertiary/aromatic N) is 3. The standard InChI is InChI=1S/C20H23ClN4O4/c1-12-10-13(2)22-19-17(12)20(24-25(19)3)29-11-16(26)23-15-7-5-6-14(21)18(15)28-9-8-27-4/h5-7,10H,8-9,11H2,1-4H3,(H,23,26). The van der Waals surface area contributed by atoms with Gasteiger partial charge in [0, 0.05) is 19.9 Å². The number of methoxy groups -OCH3 is 1. The van der Waals surface area contributed by atoms with Crippen LogP contribution in [0.15, 0.2) is 24.3 Å². The molecule has 2 aromatic heterocycles. The van der Waals surface area contributed by atoms with Crippen molar-refractivity contribution < 1.29 is 19.0 Å². The molecule has 2 heterocycles. The molecule has 0 unspecified atom stereocenters. The molecule has 29 heavy (non-hydrogen) atoms. The largest absolute Gasteiger partial charge is 0.487 e. The predicted octanol–water partition coefficient (Wildman–Crippen LogP) is 3.28. The zero-order valence-electron chi connectivity index (χ0n) is 16.8. The van der Waals surface area contributed by atoms with E-state index in [4.69, 9.17) is 25.8 Å². The molecule has 1 N–H and O–H groups in total. The number of halogens is 1. The maximum atomic E-state index is 12.5. The molecular weight excluding hydrogens is 396 g/mol. The number of benzene rings is 1. The van der Waals surface area contributed by atoms with Gasteiger partial charge in [-0.05, 0) is 37.6 Å². The van der Waals surface area contributed by atoms with E-state index in [-0.39, 0.29) is 12.5 Å². The van der Waals surface area contributed by atoms with Crippen LogP contribution in [0, 0.1) is 13.8 Å². The van der Waals surface area contributed by atoms with Gasteiger partial charge in [-0.3, -0.25) is 4.79 Å². The molecule has 9 heteroatoms. The van der Waals surface area contributed by atoms with Gasteiger partial charge in [0.2, 0.25) is 5.88 Å². The molecular formula is C20H23ClN4O4. The Bertz CT molecular complexity index is 1030. The minimum absolute atomic E-state index is 0.219. The number of nitrogens with one attached hydrogen (secondary N) is 1. The van der Waals surface area contributed by atoms with Crippen LogP contribution in [0.5, 0.6) is 11.6 Å². The topological polar surface area (TPSA) is 87.5 Å². The van der Waals surface area contributed by atoms with E-state index in [1.807, 2.05) is 19.9 Å². The summed E-state index contributed by atoms with van der Waals surface area (Å²) in [5.41, 5.74) is 3.05. The summed E-state index contributed by atoms with van der Waals surface area (Å²) in [6, 6.07) is 7.07. The SMILES string of the molecule is COCCOc1c(Cl)cccc1NC(=O)COc1nn(C)c2nc(C)cc(C)c12. The smallest absolute Gasteiger partial charge is 0.262 e. The Hall–Kier alpha value is -2.84. The number of fused-ring (bicyclic) bond motifs is 1. The van der Waals surface area contributed by atoms with E-state index in [0.29, 0.717) is 41.2 Å². The minimum atomic E-state index is -0.361. The number of aryl methyl sites for hydroxylation is 3. The van der Waals surface area contributed by atoms with Crippen molar-refractivity contribution in [1.82, 2.24) is 14.8 Å². The second-order valence-electron chi connectivity index (χ2n) is 6.50. The molecule has 0 atom stereocenters. The quantitative estimate of drug-likeness (QED) is 0.565. The molecule has 0 saturated carbocycles. The van der Waals surface area contributed by atoms with Gasteiger partial charge in [0.15, 0.2) is 18.0 Å². The van der Waals surface area contributed by atoms with Crippen molar-refractivity contribution in [2.75, 3.05) is 32.2 Å². The minimum Gasteiger partial charge on any atom is -0.487 e. The first kappa shape index (κ1) is 20.9. The summed E-state index contributed by atoms with van der Waals surface area (Å²) in [6.45, 7) is 4.38. The monoisotopic (exact) mass is 418 g/mol. The highest BCUT2D eigenvalue weighted by atomic mass is 35.5. The lowest BCUT2D eigenvalue weighted by atomic mass is 10.2. The van der Waals surface area contributed by atoms with Gasteiger partial charge >= 0.3 is 0 Å². The summed E-state index contributed by atoms with van der Waals surface area (Å²) in [5.74, 6) is 0.393. The van der Waals surface area contributed by atoms with Gasteiger partial charge < -0.3 is 19.5 Å². The van der Waals surface area contributed by atoms with Crippen LogP contribution in [-0.4, -0.2) is 47.6 Å². The van der Waals surface area contributed by atoms with Crippen molar-refractivity contribution in [3.63, 3.8) is 0 Å². The highest BCUT2D eigenvalue weighted by molar-refractivity contribution is 6.32. The van der Waals surface area contributed by atoms with Crippen molar-refractivity contribution >= 4 is 34.2 Å². The zero-order valence-corrected chi connectivity index (χ0v) is 17.5. The Kier molecular flexibility index (Phi) is 6.56. The number of pyridine rings is 1. The first-order chi connectivity index (χ1) is 13.9. The van der Waals surface area contributed by atoms with Crippen molar-refractivity contribution in [3.05, 3.63) is 40.5 Å². The summed E-state index contributed by atoms with van der Waals surface area (Å²) in [5, 5.41) is 8.29.